The second-order valence-corrected chi connectivity index (χ2v) is 6.65. The second kappa shape index (κ2) is 6.27. The van der Waals surface area contributed by atoms with Crippen molar-refractivity contribution in [2.75, 3.05) is 18.1 Å². The highest BCUT2D eigenvalue weighted by Crippen LogP contribution is 2.28. The summed E-state index contributed by atoms with van der Waals surface area (Å²) < 4.78 is 0. The molecule has 2 nitrogen and oxygen atoms in total. The maximum Gasteiger partial charge on any atom is 0.0322 e. The summed E-state index contributed by atoms with van der Waals surface area (Å²) in [6, 6.07) is 0.745. The summed E-state index contributed by atoms with van der Waals surface area (Å²) in [7, 11) is 0. The first-order chi connectivity index (χ1) is 7.85. The van der Waals surface area contributed by atoms with Gasteiger partial charge in [0, 0.05) is 18.1 Å². The molecule has 1 aliphatic heterocycles. The smallest absolute Gasteiger partial charge is 0.0322 e. The summed E-state index contributed by atoms with van der Waals surface area (Å²) in [5.74, 6) is 2.58. The van der Waals surface area contributed by atoms with E-state index in [4.69, 9.17) is 5.73 Å². The van der Waals surface area contributed by atoms with Crippen LogP contribution < -0.4 is 11.1 Å². The van der Waals surface area contributed by atoms with Crippen molar-refractivity contribution >= 4 is 11.8 Å². The number of rotatable bonds is 3. The molecule has 3 heteroatoms. The van der Waals surface area contributed by atoms with Crippen LogP contribution in [0, 0.1) is 0 Å². The minimum absolute atomic E-state index is 0.278. The molecule has 2 rings (SSSR count). The van der Waals surface area contributed by atoms with Gasteiger partial charge in [0.1, 0.15) is 0 Å². The van der Waals surface area contributed by atoms with Gasteiger partial charge in [-0.05, 0) is 37.2 Å². The molecular weight excluding hydrogens is 216 g/mol. The monoisotopic (exact) mass is 242 g/mol. The highest BCUT2D eigenvalue weighted by atomic mass is 32.2. The fourth-order valence-corrected chi connectivity index (χ4v) is 4.30. The molecule has 1 heterocycles. The molecule has 1 saturated heterocycles. The van der Waals surface area contributed by atoms with Crippen LogP contribution in [-0.4, -0.2) is 29.6 Å². The standard InChI is InChI=1S/C13H26N2S/c14-11-13(7-9-16-10-8-13)15-12-5-3-1-2-4-6-12/h12,15H,1-11,14H2. The second-order valence-electron chi connectivity index (χ2n) is 5.43. The Morgan fingerprint density at radius 3 is 2.25 bits per heavy atom. The molecule has 1 aliphatic carbocycles. The van der Waals surface area contributed by atoms with Crippen molar-refractivity contribution in [3.05, 3.63) is 0 Å². The predicted molar refractivity (Wildman–Crippen MR) is 73.0 cm³/mol. The van der Waals surface area contributed by atoms with Gasteiger partial charge in [0.2, 0.25) is 0 Å². The topological polar surface area (TPSA) is 38.0 Å². The molecule has 0 amide bonds. The fraction of sp³-hybridized carbons (Fsp3) is 1.00. The lowest BCUT2D eigenvalue weighted by atomic mass is 9.90. The molecule has 3 N–H and O–H groups in total. The number of nitrogens with one attached hydrogen (secondary N) is 1. The van der Waals surface area contributed by atoms with Crippen LogP contribution >= 0.6 is 11.8 Å². The Hall–Kier alpha value is 0.270. The van der Waals surface area contributed by atoms with Crippen LogP contribution in [0.4, 0.5) is 0 Å². The lowest BCUT2D eigenvalue weighted by molar-refractivity contribution is 0.257. The lowest BCUT2D eigenvalue weighted by Gasteiger charge is -2.40. The number of thioether (sulfide) groups is 1. The van der Waals surface area contributed by atoms with Crippen LogP contribution in [0.25, 0.3) is 0 Å². The van der Waals surface area contributed by atoms with E-state index in [0.717, 1.165) is 12.6 Å². The van der Waals surface area contributed by atoms with Crippen LogP contribution in [0.2, 0.25) is 0 Å². The maximum atomic E-state index is 6.02. The van der Waals surface area contributed by atoms with Crippen molar-refractivity contribution in [3.8, 4) is 0 Å². The SMILES string of the molecule is NCC1(NC2CCCCCC2)CCSCC1. The van der Waals surface area contributed by atoms with Gasteiger partial charge in [0.05, 0.1) is 0 Å². The Bertz CT molecular complexity index is 194. The van der Waals surface area contributed by atoms with Crippen molar-refractivity contribution in [1.82, 2.24) is 5.32 Å². The van der Waals surface area contributed by atoms with E-state index >= 15 is 0 Å². The first-order valence-electron chi connectivity index (χ1n) is 6.90. The molecule has 16 heavy (non-hydrogen) atoms. The third kappa shape index (κ3) is 3.38. The van der Waals surface area contributed by atoms with Crippen LogP contribution in [0.15, 0.2) is 0 Å². The van der Waals surface area contributed by atoms with Crippen molar-refractivity contribution in [2.24, 2.45) is 5.73 Å². The average molecular weight is 242 g/mol. The van der Waals surface area contributed by atoms with Gasteiger partial charge in [-0.3, -0.25) is 0 Å². The summed E-state index contributed by atoms with van der Waals surface area (Å²) in [5.41, 5.74) is 6.30. The van der Waals surface area contributed by atoms with Crippen molar-refractivity contribution in [3.63, 3.8) is 0 Å². The van der Waals surface area contributed by atoms with E-state index in [-0.39, 0.29) is 5.54 Å². The van der Waals surface area contributed by atoms with E-state index < -0.39 is 0 Å². The van der Waals surface area contributed by atoms with Crippen molar-refractivity contribution in [1.29, 1.82) is 0 Å². The normalized spacial score (nSPS) is 27.6. The highest BCUT2D eigenvalue weighted by molar-refractivity contribution is 7.99. The zero-order valence-electron chi connectivity index (χ0n) is 10.3. The average Bonchev–Trinajstić information content (AvgIpc) is 2.59. The summed E-state index contributed by atoms with van der Waals surface area (Å²) >= 11 is 2.08. The highest BCUT2D eigenvalue weighted by Gasteiger charge is 2.32. The first-order valence-corrected chi connectivity index (χ1v) is 8.06. The minimum atomic E-state index is 0.278. The minimum Gasteiger partial charge on any atom is -0.329 e. The number of hydrogen-bond donors (Lipinski definition) is 2. The Morgan fingerprint density at radius 1 is 1.06 bits per heavy atom. The Kier molecular flexibility index (Phi) is 4.98. The van der Waals surface area contributed by atoms with E-state index in [1.165, 1.54) is 62.9 Å². The molecule has 0 radical (unpaired) electrons. The van der Waals surface area contributed by atoms with Gasteiger partial charge in [-0.1, -0.05) is 25.7 Å². The lowest BCUT2D eigenvalue weighted by Crippen LogP contribution is -2.57. The van der Waals surface area contributed by atoms with Gasteiger partial charge in [-0.25, -0.2) is 0 Å². The van der Waals surface area contributed by atoms with Gasteiger partial charge in [-0.15, -0.1) is 0 Å². The molecule has 0 bridgehead atoms. The Balaban J connectivity index is 1.88. The summed E-state index contributed by atoms with van der Waals surface area (Å²) in [6.07, 6.45) is 11.0. The van der Waals surface area contributed by atoms with Crippen LogP contribution in [-0.2, 0) is 0 Å². The summed E-state index contributed by atoms with van der Waals surface area (Å²) in [4.78, 5) is 0. The summed E-state index contributed by atoms with van der Waals surface area (Å²) in [6.45, 7) is 0.823. The zero-order valence-corrected chi connectivity index (χ0v) is 11.2. The van der Waals surface area contributed by atoms with Gasteiger partial charge < -0.3 is 11.1 Å². The quantitative estimate of drug-likeness (QED) is 0.747. The van der Waals surface area contributed by atoms with E-state index in [9.17, 15) is 0 Å². The molecule has 2 fully saturated rings. The van der Waals surface area contributed by atoms with Gasteiger partial charge in [0.25, 0.3) is 0 Å². The number of hydrogen-bond acceptors (Lipinski definition) is 3. The largest absolute Gasteiger partial charge is 0.329 e. The fourth-order valence-electron chi connectivity index (χ4n) is 3.03. The van der Waals surface area contributed by atoms with Crippen molar-refractivity contribution < 1.29 is 0 Å². The van der Waals surface area contributed by atoms with Crippen molar-refractivity contribution in [2.45, 2.75) is 62.9 Å². The Morgan fingerprint density at radius 2 is 1.69 bits per heavy atom. The molecule has 0 aromatic carbocycles. The molecule has 0 aromatic heterocycles. The molecule has 0 spiro atoms. The molecule has 2 aliphatic rings. The predicted octanol–water partition coefficient (Wildman–Crippen LogP) is 2.52. The zero-order chi connectivity index (χ0) is 11.3. The maximum absolute atomic E-state index is 6.02. The molecule has 0 atom stereocenters. The molecule has 94 valence electrons. The molecular formula is C13H26N2S. The van der Waals surface area contributed by atoms with Gasteiger partial charge in [0.15, 0.2) is 0 Å². The third-order valence-corrected chi connectivity index (χ3v) is 5.19. The third-order valence-electron chi connectivity index (χ3n) is 4.21. The van der Waals surface area contributed by atoms with E-state index in [1.54, 1.807) is 0 Å². The molecule has 0 aromatic rings. The number of nitrogens with two attached hydrogens (primary N) is 1. The molecule has 1 saturated carbocycles. The van der Waals surface area contributed by atoms with Gasteiger partial charge >= 0.3 is 0 Å². The van der Waals surface area contributed by atoms with Crippen LogP contribution in [0.3, 0.4) is 0 Å². The van der Waals surface area contributed by atoms with Crippen LogP contribution in [0.5, 0.6) is 0 Å². The Labute approximate surface area is 104 Å². The first kappa shape index (κ1) is 12.7. The van der Waals surface area contributed by atoms with E-state index in [0.29, 0.717) is 0 Å². The summed E-state index contributed by atoms with van der Waals surface area (Å²) in [5, 5.41) is 3.92. The molecule has 0 unspecified atom stereocenters. The van der Waals surface area contributed by atoms with Gasteiger partial charge in [-0.2, -0.15) is 11.8 Å². The van der Waals surface area contributed by atoms with Crippen LogP contribution in [0.1, 0.15) is 51.4 Å². The van der Waals surface area contributed by atoms with E-state index in [1.807, 2.05) is 0 Å². The van der Waals surface area contributed by atoms with E-state index in [2.05, 4.69) is 17.1 Å².